The molecule has 0 bridgehead atoms. The molecule has 14 heteroatoms. The number of hydrogen-bond acceptors (Lipinski definition) is 12. The second-order valence-corrected chi connectivity index (χ2v) is 14.7. The van der Waals surface area contributed by atoms with Gasteiger partial charge in [-0.3, -0.25) is 9.69 Å². The number of amides is 1. The van der Waals surface area contributed by atoms with Gasteiger partial charge in [-0.25, -0.2) is 24.5 Å². The standard InChI is InChI=1S/C34H46ClN7O5S/c1-21(2)17-26(39-33(45)47-34(5,6)7)31(44)46-16-15-41-11-13-42(14-12-41)30-19-29(37-23(4)38-30)40-32-36-20-28(48-32)27(43)18-24-22(3)9-8-10-25(24)35/h8-10,19-21,26H,11-18H2,1-7H3,(H,39,45)(H,36,37,38,40)/t26-/m0/s1. The van der Waals surface area contributed by atoms with Gasteiger partial charge in [-0.1, -0.05) is 48.9 Å². The molecule has 1 aliphatic heterocycles. The van der Waals surface area contributed by atoms with Crippen molar-refractivity contribution in [1.82, 2.24) is 25.2 Å². The molecular formula is C34H46ClN7O5S. The summed E-state index contributed by atoms with van der Waals surface area (Å²) in [7, 11) is 0. The van der Waals surface area contributed by atoms with Crippen molar-refractivity contribution in [3.8, 4) is 0 Å². The third kappa shape index (κ3) is 11.1. The minimum absolute atomic E-state index is 0.0446. The zero-order chi connectivity index (χ0) is 35.0. The fourth-order valence-corrected chi connectivity index (χ4v) is 6.25. The van der Waals surface area contributed by atoms with Crippen LogP contribution in [-0.2, 0) is 20.7 Å². The number of esters is 1. The Labute approximate surface area is 291 Å². The van der Waals surface area contributed by atoms with E-state index in [-0.39, 0.29) is 24.7 Å². The molecule has 0 unspecified atom stereocenters. The number of ether oxygens (including phenoxy) is 2. The Hall–Kier alpha value is -3.81. The Kier molecular flexibility index (Phi) is 12.7. The molecule has 260 valence electrons. The maximum Gasteiger partial charge on any atom is 0.408 e. The number of ketones is 1. The van der Waals surface area contributed by atoms with Crippen molar-refractivity contribution in [3.05, 3.63) is 57.3 Å². The number of hydrogen-bond donors (Lipinski definition) is 2. The Morgan fingerprint density at radius 2 is 1.81 bits per heavy atom. The van der Waals surface area contributed by atoms with Gasteiger partial charge in [-0.15, -0.1) is 0 Å². The van der Waals surface area contributed by atoms with Crippen LogP contribution in [0.3, 0.4) is 0 Å². The topological polar surface area (TPSA) is 139 Å². The van der Waals surface area contributed by atoms with E-state index in [0.29, 0.717) is 39.6 Å². The van der Waals surface area contributed by atoms with Gasteiger partial charge in [0.1, 0.15) is 35.7 Å². The van der Waals surface area contributed by atoms with Gasteiger partial charge in [-0.2, -0.15) is 0 Å². The van der Waals surface area contributed by atoms with E-state index >= 15 is 0 Å². The van der Waals surface area contributed by atoms with E-state index < -0.39 is 23.7 Å². The van der Waals surface area contributed by atoms with E-state index in [1.54, 1.807) is 33.0 Å². The highest BCUT2D eigenvalue weighted by Gasteiger charge is 2.27. The van der Waals surface area contributed by atoms with Crippen molar-refractivity contribution in [1.29, 1.82) is 0 Å². The number of anilines is 3. The van der Waals surface area contributed by atoms with E-state index in [0.717, 1.165) is 43.1 Å². The number of carbonyl (C=O) groups excluding carboxylic acids is 3. The second-order valence-electron chi connectivity index (χ2n) is 13.3. The molecule has 0 saturated carbocycles. The third-order valence-corrected chi connectivity index (χ3v) is 8.87. The molecule has 3 aromatic rings. The number of nitrogens with one attached hydrogen (secondary N) is 2. The van der Waals surface area contributed by atoms with Crippen LogP contribution in [0.15, 0.2) is 30.5 Å². The number of Topliss-reactive ketones (excluding diaryl/α,β-unsaturated/α-hetero) is 1. The van der Waals surface area contributed by atoms with Crippen LogP contribution < -0.4 is 15.5 Å². The van der Waals surface area contributed by atoms with Gasteiger partial charge in [0.15, 0.2) is 10.9 Å². The molecule has 1 aliphatic rings. The molecule has 1 atom stereocenters. The van der Waals surface area contributed by atoms with Crippen molar-refractivity contribution in [2.24, 2.45) is 5.92 Å². The van der Waals surface area contributed by atoms with Crippen LogP contribution in [0.5, 0.6) is 0 Å². The number of aryl methyl sites for hydroxylation is 2. The van der Waals surface area contributed by atoms with Crippen LogP contribution in [0, 0.1) is 19.8 Å². The zero-order valence-corrected chi connectivity index (χ0v) is 30.3. The molecule has 2 N–H and O–H groups in total. The highest BCUT2D eigenvalue weighted by Crippen LogP contribution is 2.27. The van der Waals surface area contributed by atoms with Crippen LogP contribution in [-0.4, -0.2) is 88.7 Å². The summed E-state index contributed by atoms with van der Waals surface area (Å²) < 4.78 is 10.9. The van der Waals surface area contributed by atoms with E-state index in [2.05, 4.69) is 35.4 Å². The van der Waals surface area contributed by atoms with Crippen molar-refractivity contribution in [2.45, 2.75) is 73.0 Å². The van der Waals surface area contributed by atoms with Crippen LogP contribution in [0.1, 0.15) is 67.7 Å². The van der Waals surface area contributed by atoms with E-state index in [1.165, 1.54) is 11.3 Å². The minimum atomic E-state index is -0.769. The Bertz CT molecular complexity index is 1560. The molecule has 0 radical (unpaired) electrons. The zero-order valence-electron chi connectivity index (χ0n) is 28.8. The summed E-state index contributed by atoms with van der Waals surface area (Å²) >= 11 is 7.61. The molecule has 48 heavy (non-hydrogen) atoms. The average Bonchev–Trinajstić information content (AvgIpc) is 3.46. The summed E-state index contributed by atoms with van der Waals surface area (Å²) in [5.41, 5.74) is 1.14. The van der Waals surface area contributed by atoms with Crippen molar-refractivity contribution in [3.63, 3.8) is 0 Å². The minimum Gasteiger partial charge on any atom is -0.463 e. The predicted molar refractivity (Wildman–Crippen MR) is 189 cm³/mol. The maximum atomic E-state index is 13.0. The predicted octanol–water partition coefficient (Wildman–Crippen LogP) is 5.98. The molecule has 0 aliphatic carbocycles. The highest BCUT2D eigenvalue weighted by molar-refractivity contribution is 7.17. The maximum absolute atomic E-state index is 13.0. The van der Waals surface area contributed by atoms with Crippen molar-refractivity contribution < 1.29 is 23.9 Å². The number of alkyl carbamates (subject to hydrolysis) is 1. The monoisotopic (exact) mass is 699 g/mol. The van der Waals surface area contributed by atoms with Gasteiger partial charge in [0.05, 0.1) is 11.1 Å². The normalized spacial score (nSPS) is 14.5. The third-order valence-electron chi connectivity index (χ3n) is 7.56. The van der Waals surface area contributed by atoms with Crippen LogP contribution in [0.4, 0.5) is 21.6 Å². The molecule has 1 aromatic carbocycles. The largest absolute Gasteiger partial charge is 0.463 e. The van der Waals surface area contributed by atoms with Gasteiger partial charge in [-0.05, 0) is 64.2 Å². The van der Waals surface area contributed by atoms with Crippen LogP contribution >= 0.6 is 22.9 Å². The Morgan fingerprint density at radius 1 is 1.08 bits per heavy atom. The molecule has 0 spiro atoms. The first-order chi connectivity index (χ1) is 22.7. The molecule has 1 fully saturated rings. The van der Waals surface area contributed by atoms with Crippen LogP contribution in [0.2, 0.25) is 5.02 Å². The lowest BCUT2D eigenvalue weighted by Gasteiger charge is -2.35. The number of nitrogens with zero attached hydrogens (tertiary/aromatic N) is 5. The Morgan fingerprint density at radius 3 is 2.48 bits per heavy atom. The molecule has 1 saturated heterocycles. The number of halogens is 1. The lowest BCUT2D eigenvalue weighted by Crippen LogP contribution is -2.48. The van der Waals surface area contributed by atoms with Gasteiger partial charge in [0, 0.05) is 50.2 Å². The summed E-state index contributed by atoms with van der Waals surface area (Å²) in [4.78, 5) is 56.6. The number of thiazole rings is 1. The van der Waals surface area contributed by atoms with Crippen molar-refractivity contribution in [2.75, 3.05) is 49.5 Å². The smallest absolute Gasteiger partial charge is 0.408 e. The summed E-state index contributed by atoms with van der Waals surface area (Å²) in [5.74, 6) is 1.68. The molecule has 1 amide bonds. The van der Waals surface area contributed by atoms with Gasteiger partial charge >= 0.3 is 12.1 Å². The summed E-state index contributed by atoms with van der Waals surface area (Å²) in [6, 6.07) is 6.72. The quantitative estimate of drug-likeness (QED) is 0.161. The molecule has 4 rings (SSSR count). The van der Waals surface area contributed by atoms with Gasteiger partial charge < -0.3 is 25.0 Å². The van der Waals surface area contributed by atoms with E-state index in [4.69, 9.17) is 21.1 Å². The Balaban J connectivity index is 1.26. The van der Waals surface area contributed by atoms with Crippen molar-refractivity contribution >= 4 is 57.6 Å². The molecule has 12 nitrogen and oxygen atoms in total. The molecule has 2 aromatic heterocycles. The molecule has 3 heterocycles. The summed E-state index contributed by atoms with van der Waals surface area (Å²) in [6.45, 7) is 16.9. The first-order valence-corrected chi connectivity index (χ1v) is 17.4. The SMILES string of the molecule is Cc1nc(Nc2ncc(C(=O)Cc3c(C)cccc3Cl)s2)cc(N2CCN(CCOC(=O)[C@H](CC(C)C)NC(=O)OC(C)(C)C)CC2)n1. The first-order valence-electron chi connectivity index (χ1n) is 16.2. The lowest BCUT2D eigenvalue weighted by atomic mass is 10.0. The first kappa shape index (κ1) is 37.0. The average molecular weight is 700 g/mol. The second kappa shape index (κ2) is 16.5. The van der Waals surface area contributed by atoms with Gasteiger partial charge in [0.25, 0.3) is 0 Å². The number of piperazine rings is 1. The van der Waals surface area contributed by atoms with E-state index in [1.807, 2.05) is 45.9 Å². The number of benzene rings is 1. The van der Waals surface area contributed by atoms with Gasteiger partial charge in [0.2, 0.25) is 0 Å². The molecular weight excluding hydrogens is 654 g/mol. The highest BCUT2D eigenvalue weighted by atomic mass is 35.5. The fraction of sp³-hybridized carbons (Fsp3) is 0.529. The number of aromatic nitrogens is 3. The lowest BCUT2D eigenvalue weighted by molar-refractivity contribution is -0.147. The van der Waals surface area contributed by atoms with E-state index in [9.17, 15) is 14.4 Å². The number of carbonyl (C=O) groups is 3. The summed E-state index contributed by atoms with van der Waals surface area (Å²) in [6.07, 6.45) is 1.61. The summed E-state index contributed by atoms with van der Waals surface area (Å²) in [5, 5.41) is 7.05. The van der Waals surface area contributed by atoms with Crippen LogP contribution in [0.25, 0.3) is 0 Å². The number of rotatable bonds is 13. The fourth-order valence-electron chi connectivity index (χ4n) is 5.20.